The van der Waals surface area contributed by atoms with Crippen LogP contribution in [-0.2, 0) is 4.79 Å². The highest BCUT2D eigenvalue weighted by molar-refractivity contribution is 5.93. The first kappa shape index (κ1) is 18.1. The lowest BCUT2D eigenvalue weighted by Crippen LogP contribution is -2.28. The number of rotatable bonds is 6. The van der Waals surface area contributed by atoms with Crippen LogP contribution in [0.4, 0.5) is 5.69 Å². The maximum absolute atomic E-state index is 12.2. The third-order valence-corrected chi connectivity index (χ3v) is 4.55. The van der Waals surface area contributed by atoms with Crippen molar-refractivity contribution in [3.63, 3.8) is 0 Å². The maximum Gasteiger partial charge on any atom is 0.273 e. The summed E-state index contributed by atoms with van der Waals surface area (Å²) < 4.78 is 1.75. The van der Waals surface area contributed by atoms with Gasteiger partial charge in [0.25, 0.3) is 5.91 Å². The highest BCUT2D eigenvalue weighted by Gasteiger charge is 2.22. The van der Waals surface area contributed by atoms with Crippen molar-refractivity contribution < 1.29 is 9.59 Å². The van der Waals surface area contributed by atoms with Crippen LogP contribution in [0, 0.1) is 0 Å². The van der Waals surface area contributed by atoms with Crippen molar-refractivity contribution in [3.8, 4) is 0 Å². The topological polar surface area (TPSA) is 115 Å². The Labute approximate surface area is 152 Å². The van der Waals surface area contributed by atoms with Gasteiger partial charge in [-0.1, -0.05) is 23.4 Å². The molecule has 138 valence electrons. The number of carbonyl (C=O) groups excluding carboxylic acids is 2. The Kier molecular flexibility index (Phi) is 5.96. The Morgan fingerprint density at radius 2 is 1.88 bits per heavy atom. The number of aromatic nitrogens is 3. The molecule has 0 spiro atoms. The van der Waals surface area contributed by atoms with E-state index in [1.807, 2.05) is 30.3 Å². The molecule has 8 heteroatoms. The summed E-state index contributed by atoms with van der Waals surface area (Å²) in [6.07, 6.45) is 5.68. The summed E-state index contributed by atoms with van der Waals surface area (Å²) in [4.78, 5) is 24.0. The van der Waals surface area contributed by atoms with Crippen LogP contribution in [0.25, 0.3) is 0 Å². The summed E-state index contributed by atoms with van der Waals surface area (Å²) >= 11 is 0. The minimum Gasteiger partial charge on any atom is -0.350 e. The van der Waals surface area contributed by atoms with Crippen LogP contribution in [0.15, 0.2) is 36.5 Å². The molecular weight excluding hydrogens is 332 g/mol. The lowest BCUT2D eigenvalue weighted by Gasteiger charge is -2.25. The minimum absolute atomic E-state index is 0.154. The second-order valence-electron chi connectivity index (χ2n) is 6.57. The molecule has 1 saturated carbocycles. The Bertz CT molecular complexity index is 737. The zero-order valence-electron chi connectivity index (χ0n) is 14.6. The average Bonchev–Trinajstić information content (AvgIpc) is 3.13. The number of anilines is 1. The molecule has 1 aromatic heterocycles. The van der Waals surface area contributed by atoms with Gasteiger partial charge in [-0.25, -0.2) is 4.68 Å². The summed E-state index contributed by atoms with van der Waals surface area (Å²) in [5.74, 6) is -0.477. The highest BCUT2D eigenvalue weighted by atomic mass is 16.2. The van der Waals surface area contributed by atoms with Gasteiger partial charge in [0, 0.05) is 24.7 Å². The molecule has 4 N–H and O–H groups in total. The lowest BCUT2D eigenvalue weighted by atomic mass is 9.92. The quantitative estimate of drug-likeness (QED) is 0.725. The Balaban J connectivity index is 1.43. The van der Waals surface area contributed by atoms with Crippen LogP contribution in [0.2, 0.25) is 0 Å². The fourth-order valence-corrected chi connectivity index (χ4v) is 3.05. The first-order valence-electron chi connectivity index (χ1n) is 8.92. The second kappa shape index (κ2) is 8.57. The summed E-state index contributed by atoms with van der Waals surface area (Å²) in [6, 6.07) is 9.71. The van der Waals surface area contributed by atoms with Crippen LogP contribution >= 0.6 is 0 Å². The number of benzene rings is 1. The van der Waals surface area contributed by atoms with Crippen LogP contribution < -0.4 is 16.4 Å². The van der Waals surface area contributed by atoms with Crippen molar-refractivity contribution in [2.45, 2.75) is 44.2 Å². The van der Waals surface area contributed by atoms with Gasteiger partial charge in [-0.15, -0.1) is 5.10 Å². The first-order valence-corrected chi connectivity index (χ1v) is 8.92. The van der Waals surface area contributed by atoms with Crippen molar-refractivity contribution >= 4 is 17.5 Å². The monoisotopic (exact) mass is 356 g/mol. The van der Waals surface area contributed by atoms with E-state index in [-0.39, 0.29) is 42.6 Å². The number of carbonyl (C=O) groups is 2. The van der Waals surface area contributed by atoms with Crippen molar-refractivity contribution in [3.05, 3.63) is 42.2 Å². The van der Waals surface area contributed by atoms with E-state index in [0.29, 0.717) is 0 Å². The fraction of sp³-hybridized carbons (Fsp3) is 0.444. The number of hydrogen-bond donors (Lipinski definition) is 3. The van der Waals surface area contributed by atoms with Gasteiger partial charge >= 0.3 is 0 Å². The number of amides is 2. The number of nitrogens with zero attached hydrogens (tertiary/aromatic N) is 3. The van der Waals surface area contributed by atoms with Crippen molar-refractivity contribution in [2.75, 3.05) is 11.9 Å². The van der Waals surface area contributed by atoms with E-state index in [1.54, 1.807) is 10.9 Å². The molecule has 26 heavy (non-hydrogen) atoms. The molecule has 2 aromatic rings. The molecule has 0 radical (unpaired) electrons. The Morgan fingerprint density at radius 1 is 1.15 bits per heavy atom. The van der Waals surface area contributed by atoms with Gasteiger partial charge in [0.1, 0.15) is 0 Å². The van der Waals surface area contributed by atoms with Gasteiger partial charge in [0.15, 0.2) is 5.69 Å². The van der Waals surface area contributed by atoms with Crippen molar-refractivity contribution in [1.82, 2.24) is 20.3 Å². The zero-order chi connectivity index (χ0) is 18.4. The smallest absolute Gasteiger partial charge is 0.273 e. The summed E-state index contributed by atoms with van der Waals surface area (Å²) in [6.45, 7) is 0.239. The largest absolute Gasteiger partial charge is 0.350 e. The molecular formula is C18H24N6O2. The third kappa shape index (κ3) is 4.89. The highest BCUT2D eigenvalue weighted by Crippen LogP contribution is 2.26. The van der Waals surface area contributed by atoms with E-state index in [0.717, 1.165) is 31.4 Å². The number of para-hydroxylation sites is 1. The molecule has 1 heterocycles. The molecule has 1 aliphatic carbocycles. The standard InChI is InChI=1S/C18H24N6O2/c19-13-6-8-15(9-7-13)24-12-16(22-23-24)18(26)20-11-10-17(25)21-14-4-2-1-3-5-14/h1-5,12-13,15H,6-11,19H2,(H,20,26)(H,21,25). The van der Waals surface area contributed by atoms with E-state index < -0.39 is 0 Å². The van der Waals surface area contributed by atoms with E-state index >= 15 is 0 Å². The van der Waals surface area contributed by atoms with Gasteiger partial charge in [0.05, 0.1) is 12.2 Å². The van der Waals surface area contributed by atoms with E-state index in [4.69, 9.17) is 5.73 Å². The van der Waals surface area contributed by atoms with E-state index in [2.05, 4.69) is 20.9 Å². The molecule has 1 aromatic carbocycles. The van der Waals surface area contributed by atoms with Crippen LogP contribution in [-0.4, -0.2) is 39.4 Å². The molecule has 1 fully saturated rings. The molecule has 0 atom stereocenters. The molecule has 1 aliphatic rings. The van der Waals surface area contributed by atoms with Crippen LogP contribution in [0.1, 0.15) is 48.6 Å². The third-order valence-electron chi connectivity index (χ3n) is 4.55. The molecule has 2 amide bonds. The minimum atomic E-state index is -0.323. The summed E-state index contributed by atoms with van der Waals surface area (Å²) in [7, 11) is 0. The van der Waals surface area contributed by atoms with E-state index in [1.165, 1.54) is 0 Å². The fourth-order valence-electron chi connectivity index (χ4n) is 3.05. The van der Waals surface area contributed by atoms with E-state index in [9.17, 15) is 9.59 Å². The predicted octanol–water partition coefficient (Wildman–Crippen LogP) is 1.48. The van der Waals surface area contributed by atoms with Crippen molar-refractivity contribution in [1.29, 1.82) is 0 Å². The SMILES string of the molecule is NC1CCC(n2cc(C(=O)NCCC(=O)Nc3ccccc3)nn2)CC1. The number of hydrogen-bond acceptors (Lipinski definition) is 5. The maximum atomic E-state index is 12.2. The molecule has 8 nitrogen and oxygen atoms in total. The zero-order valence-corrected chi connectivity index (χ0v) is 14.6. The molecule has 0 aliphatic heterocycles. The van der Waals surface area contributed by atoms with Crippen molar-refractivity contribution in [2.24, 2.45) is 5.73 Å². The number of nitrogens with two attached hydrogens (primary N) is 1. The molecule has 0 saturated heterocycles. The first-order chi connectivity index (χ1) is 12.6. The second-order valence-corrected chi connectivity index (χ2v) is 6.57. The van der Waals surface area contributed by atoms with Gasteiger partial charge in [-0.05, 0) is 37.8 Å². The number of nitrogens with one attached hydrogen (secondary N) is 2. The normalized spacial score (nSPS) is 19.7. The van der Waals surface area contributed by atoms with Crippen LogP contribution in [0.5, 0.6) is 0 Å². The molecule has 0 bridgehead atoms. The van der Waals surface area contributed by atoms with Gasteiger partial charge in [-0.2, -0.15) is 0 Å². The van der Waals surface area contributed by atoms with Gasteiger partial charge in [-0.3, -0.25) is 9.59 Å². The summed E-state index contributed by atoms with van der Waals surface area (Å²) in [5.41, 5.74) is 6.92. The lowest BCUT2D eigenvalue weighted by molar-refractivity contribution is -0.116. The van der Waals surface area contributed by atoms with Gasteiger partial charge < -0.3 is 16.4 Å². The molecule has 0 unspecified atom stereocenters. The summed E-state index contributed by atoms with van der Waals surface area (Å²) in [5, 5.41) is 13.5. The average molecular weight is 356 g/mol. The predicted molar refractivity (Wildman–Crippen MR) is 97.5 cm³/mol. The van der Waals surface area contributed by atoms with Gasteiger partial charge in [0.2, 0.25) is 5.91 Å². The Hall–Kier alpha value is -2.74. The van der Waals surface area contributed by atoms with Crippen LogP contribution in [0.3, 0.4) is 0 Å². The molecule has 3 rings (SSSR count). The Morgan fingerprint density at radius 3 is 2.62 bits per heavy atom.